The van der Waals surface area contributed by atoms with Crippen molar-refractivity contribution in [3.8, 4) is 0 Å². The summed E-state index contributed by atoms with van der Waals surface area (Å²) < 4.78 is 0. The number of rotatable bonds is 8. The zero-order valence-electron chi connectivity index (χ0n) is 11.9. The molecule has 0 spiro atoms. The molecule has 6 heteroatoms. The lowest BCUT2D eigenvalue weighted by molar-refractivity contribution is -0.122. The van der Waals surface area contributed by atoms with Gasteiger partial charge >= 0.3 is 0 Å². The highest BCUT2D eigenvalue weighted by atomic mass is 16.2. The van der Waals surface area contributed by atoms with Crippen LogP contribution in [0.4, 0.5) is 5.82 Å². The van der Waals surface area contributed by atoms with Crippen LogP contribution in [0.2, 0.25) is 0 Å². The molecule has 0 bridgehead atoms. The van der Waals surface area contributed by atoms with Crippen molar-refractivity contribution in [2.45, 2.75) is 26.8 Å². The van der Waals surface area contributed by atoms with Gasteiger partial charge < -0.3 is 10.6 Å². The SMILES string of the molecule is CCCNC(=O)CN(C)Cc1cnc(NCC)cn1. The average molecular weight is 265 g/mol. The van der Waals surface area contributed by atoms with Crippen molar-refractivity contribution in [3.05, 3.63) is 18.1 Å². The molecule has 0 aliphatic carbocycles. The highest BCUT2D eigenvalue weighted by Gasteiger charge is 2.07. The van der Waals surface area contributed by atoms with E-state index in [0.29, 0.717) is 13.1 Å². The molecule has 0 aliphatic heterocycles. The Labute approximate surface area is 114 Å². The van der Waals surface area contributed by atoms with Crippen LogP contribution >= 0.6 is 0 Å². The largest absolute Gasteiger partial charge is 0.369 e. The van der Waals surface area contributed by atoms with Crippen LogP contribution in [-0.4, -0.2) is 47.5 Å². The van der Waals surface area contributed by atoms with Gasteiger partial charge in [-0.2, -0.15) is 0 Å². The normalized spacial score (nSPS) is 10.5. The van der Waals surface area contributed by atoms with E-state index in [1.165, 1.54) is 0 Å². The molecule has 19 heavy (non-hydrogen) atoms. The van der Waals surface area contributed by atoms with Gasteiger partial charge in [0.15, 0.2) is 0 Å². The maximum Gasteiger partial charge on any atom is 0.234 e. The molecule has 1 aromatic rings. The second kappa shape index (κ2) is 8.42. The Kier molecular flexibility index (Phi) is 6.81. The molecule has 2 N–H and O–H groups in total. The monoisotopic (exact) mass is 265 g/mol. The van der Waals surface area contributed by atoms with Gasteiger partial charge in [0, 0.05) is 19.6 Å². The topological polar surface area (TPSA) is 70.2 Å². The van der Waals surface area contributed by atoms with Gasteiger partial charge in [-0.05, 0) is 20.4 Å². The van der Waals surface area contributed by atoms with Gasteiger partial charge in [0.05, 0.1) is 24.6 Å². The number of carbonyl (C=O) groups is 1. The van der Waals surface area contributed by atoms with E-state index in [9.17, 15) is 4.79 Å². The number of amides is 1. The molecule has 0 aliphatic rings. The van der Waals surface area contributed by atoms with Crippen LogP contribution in [0.5, 0.6) is 0 Å². The van der Waals surface area contributed by atoms with Gasteiger partial charge in [0.25, 0.3) is 0 Å². The first-order valence-electron chi connectivity index (χ1n) is 6.65. The number of hydrogen-bond donors (Lipinski definition) is 2. The number of nitrogens with one attached hydrogen (secondary N) is 2. The Hall–Kier alpha value is -1.69. The third-order valence-corrected chi connectivity index (χ3v) is 2.48. The lowest BCUT2D eigenvalue weighted by atomic mass is 10.4. The van der Waals surface area contributed by atoms with Crippen molar-refractivity contribution in [2.24, 2.45) is 0 Å². The fourth-order valence-electron chi connectivity index (χ4n) is 1.61. The first-order valence-corrected chi connectivity index (χ1v) is 6.65. The maximum absolute atomic E-state index is 11.5. The minimum Gasteiger partial charge on any atom is -0.369 e. The van der Waals surface area contributed by atoms with Crippen molar-refractivity contribution >= 4 is 11.7 Å². The third-order valence-electron chi connectivity index (χ3n) is 2.48. The predicted molar refractivity (Wildman–Crippen MR) is 75.8 cm³/mol. The number of nitrogens with zero attached hydrogens (tertiary/aromatic N) is 3. The van der Waals surface area contributed by atoms with E-state index >= 15 is 0 Å². The second-order valence-corrected chi connectivity index (χ2v) is 4.45. The fraction of sp³-hybridized carbons (Fsp3) is 0.615. The Morgan fingerprint density at radius 3 is 2.68 bits per heavy atom. The minimum atomic E-state index is 0.0431. The number of likely N-dealkylation sites (N-methyl/N-ethyl adjacent to an activating group) is 1. The Balaban J connectivity index is 2.39. The standard InChI is InChI=1S/C13H23N5O/c1-4-6-15-13(19)10-18(3)9-11-7-17-12(8-16-11)14-5-2/h7-8H,4-6,9-10H2,1-3H3,(H,14,17)(H,15,19). The van der Waals surface area contributed by atoms with Crippen molar-refractivity contribution in [1.29, 1.82) is 0 Å². The van der Waals surface area contributed by atoms with Crippen LogP contribution in [-0.2, 0) is 11.3 Å². The predicted octanol–water partition coefficient (Wildman–Crippen LogP) is 0.866. The van der Waals surface area contributed by atoms with E-state index in [1.807, 2.05) is 25.8 Å². The molecule has 0 saturated carbocycles. The number of carbonyl (C=O) groups excluding carboxylic acids is 1. The van der Waals surface area contributed by atoms with E-state index in [1.54, 1.807) is 12.4 Å². The van der Waals surface area contributed by atoms with Gasteiger partial charge in [0.2, 0.25) is 5.91 Å². The minimum absolute atomic E-state index is 0.0431. The lowest BCUT2D eigenvalue weighted by Gasteiger charge is -2.15. The molecular weight excluding hydrogens is 242 g/mol. The fourth-order valence-corrected chi connectivity index (χ4v) is 1.61. The highest BCUT2D eigenvalue weighted by Crippen LogP contribution is 2.02. The van der Waals surface area contributed by atoms with Crippen molar-refractivity contribution in [2.75, 3.05) is 32.0 Å². The molecule has 6 nitrogen and oxygen atoms in total. The van der Waals surface area contributed by atoms with Gasteiger partial charge in [-0.15, -0.1) is 0 Å². The summed E-state index contributed by atoms with van der Waals surface area (Å²) in [6.07, 6.45) is 4.40. The molecule has 106 valence electrons. The summed E-state index contributed by atoms with van der Waals surface area (Å²) in [5.41, 5.74) is 0.854. The van der Waals surface area contributed by atoms with Crippen LogP contribution in [0, 0.1) is 0 Å². The van der Waals surface area contributed by atoms with E-state index in [4.69, 9.17) is 0 Å². The third kappa shape index (κ3) is 6.15. The average Bonchev–Trinajstić information content (AvgIpc) is 2.39. The molecule has 0 atom stereocenters. The van der Waals surface area contributed by atoms with E-state index < -0.39 is 0 Å². The van der Waals surface area contributed by atoms with Crippen LogP contribution in [0.1, 0.15) is 26.0 Å². The lowest BCUT2D eigenvalue weighted by Crippen LogP contribution is -2.35. The molecule has 0 radical (unpaired) electrons. The number of anilines is 1. The summed E-state index contributed by atoms with van der Waals surface area (Å²) in [4.78, 5) is 22.0. The summed E-state index contributed by atoms with van der Waals surface area (Å²) in [7, 11) is 1.89. The highest BCUT2D eigenvalue weighted by molar-refractivity contribution is 5.77. The first-order chi connectivity index (χ1) is 9.15. The summed E-state index contributed by atoms with van der Waals surface area (Å²) in [6.45, 7) is 6.58. The summed E-state index contributed by atoms with van der Waals surface area (Å²) in [5.74, 6) is 0.816. The summed E-state index contributed by atoms with van der Waals surface area (Å²) in [5, 5.41) is 5.94. The zero-order chi connectivity index (χ0) is 14.1. The van der Waals surface area contributed by atoms with Crippen molar-refractivity contribution in [1.82, 2.24) is 20.2 Å². The molecule has 0 saturated heterocycles. The summed E-state index contributed by atoms with van der Waals surface area (Å²) >= 11 is 0. The van der Waals surface area contributed by atoms with Crippen LogP contribution in [0.25, 0.3) is 0 Å². The molecule has 1 aromatic heterocycles. The molecule has 0 aromatic carbocycles. The van der Waals surface area contributed by atoms with Gasteiger partial charge in [0.1, 0.15) is 5.82 Å². The van der Waals surface area contributed by atoms with Gasteiger partial charge in [-0.1, -0.05) is 6.92 Å². The van der Waals surface area contributed by atoms with E-state index in [0.717, 1.165) is 31.0 Å². The van der Waals surface area contributed by atoms with Crippen molar-refractivity contribution < 1.29 is 4.79 Å². The zero-order valence-corrected chi connectivity index (χ0v) is 11.9. The molecule has 1 heterocycles. The van der Waals surface area contributed by atoms with Crippen LogP contribution in [0.15, 0.2) is 12.4 Å². The molecule has 0 fully saturated rings. The first kappa shape index (κ1) is 15.4. The van der Waals surface area contributed by atoms with Gasteiger partial charge in [-0.3, -0.25) is 14.7 Å². The smallest absolute Gasteiger partial charge is 0.234 e. The quantitative estimate of drug-likeness (QED) is 0.730. The van der Waals surface area contributed by atoms with Crippen molar-refractivity contribution in [3.63, 3.8) is 0 Å². The Morgan fingerprint density at radius 1 is 1.32 bits per heavy atom. The summed E-state index contributed by atoms with van der Waals surface area (Å²) in [6, 6.07) is 0. The van der Waals surface area contributed by atoms with Crippen LogP contribution < -0.4 is 10.6 Å². The molecular formula is C13H23N5O. The van der Waals surface area contributed by atoms with E-state index in [-0.39, 0.29) is 5.91 Å². The van der Waals surface area contributed by atoms with Crippen LogP contribution in [0.3, 0.4) is 0 Å². The van der Waals surface area contributed by atoms with Gasteiger partial charge in [-0.25, -0.2) is 4.98 Å². The number of aromatic nitrogens is 2. The Morgan fingerprint density at radius 2 is 2.11 bits per heavy atom. The maximum atomic E-state index is 11.5. The second-order valence-electron chi connectivity index (χ2n) is 4.45. The molecule has 1 rings (SSSR count). The molecule has 1 amide bonds. The Bertz CT molecular complexity index is 379. The number of hydrogen-bond acceptors (Lipinski definition) is 5. The van der Waals surface area contributed by atoms with E-state index in [2.05, 4.69) is 20.6 Å². The molecule has 0 unspecified atom stereocenters.